The highest BCUT2D eigenvalue weighted by atomic mass is 35.5. The number of hydrogen-bond donors (Lipinski definition) is 0. The number of pyridine rings is 2. The quantitative estimate of drug-likeness (QED) is 0.678. The summed E-state index contributed by atoms with van der Waals surface area (Å²) < 4.78 is 5.65. The Hall–Kier alpha value is -2.13. The molecule has 0 fully saturated rings. The summed E-state index contributed by atoms with van der Waals surface area (Å²) in [4.78, 5) is 8.26. The first-order valence-electron chi connectivity index (χ1n) is 5.89. The van der Waals surface area contributed by atoms with E-state index >= 15 is 0 Å². The molecule has 0 radical (unpaired) electrons. The first kappa shape index (κ1) is 11.9. The summed E-state index contributed by atoms with van der Waals surface area (Å²) in [6, 6.07) is 13.6. The number of hydrogen-bond acceptors (Lipinski definition) is 3. The van der Waals surface area contributed by atoms with Crippen LogP contribution in [0, 0.1) is 0 Å². The van der Waals surface area contributed by atoms with Crippen LogP contribution >= 0.6 is 11.6 Å². The van der Waals surface area contributed by atoms with E-state index in [1.807, 2.05) is 24.3 Å². The predicted molar refractivity (Wildman–Crippen MR) is 75.3 cm³/mol. The molecule has 4 heteroatoms. The van der Waals surface area contributed by atoms with Gasteiger partial charge in [-0.3, -0.25) is 4.98 Å². The standard InChI is InChI=1S/C15H11ClN2O/c16-15-6-4-13(9-18-15)19-10-11-3-5-14-12(8-11)2-1-7-17-14/h1-9H,10H2. The van der Waals surface area contributed by atoms with Crippen molar-refractivity contribution in [1.29, 1.82) is 0 Å². The van der Waals surface area contributed by atoms with Gasteiger partial charge in [-0.15, -0.1) is 0 Å². The Bertz CT molecular complexity index is 698. The van der Waals surface area contributed by atoms with E-state index in [2.05, 4.69) is 16.0 Å². The monoisotopic (exact) mass is 270 g/mol. The fourth-order valence-corrected chi connectivity index (χ4v) is 1.94. The average Bonchev–Trinajstić information content (AvgIpc) is 2.46. The Morgan fingerprint density at radius 2 is 2.00 bits per heavy atom. The van der Waals surface area contributed by atoms with Crippen LogP contribution in [0.2, 0.25) is 5.15 Å². The molecule has 0 aliphatic rings. The molecule has 0 N–H and O–H groups in total. The molecule has 0 bridgehead atoms. The van der Waals surface area contributed by atoms with Gasteiger partial charge in [-0.2, -0.15) is 0 Å². The van der Waals surface area contributed by atoms with Gasteiger partial charge in [0.15, 0.2) is 0 Å². The molecule has 3 nitrogen and oxygen atoms in total. The van der Waals surface area contributed by atoms with E-state index in [4.69, 9.17) is 16.3 Å². The maximum atomic E-state index is 5.72. The molecule has 3 aromatic rings. The molecule has 2 aromatic heterocycles. The van der Waals surface area contributed by atoms with Gasteiger partial charge in [0.05, 0.1) is 11.7 Å². The van der Waals surface area contributed by atoms with Crippen molar-refractivity contribution in [3.05, 3.63) is 65.6 Å². The van der Waals surface area contributed by atoms with Crippen LogP contribution in [0.25, 0.3) is 10.9 Å². The molecule has 94 valence electrons. The van der Waals surface area contributed by atoms with Gasteiger partial charge in [-0.05, 0) is 35.9 Å². The highest BCUT2D eigenvalue weighted by Gasteiger charge is 1.99. The largest absolute Gasteiger partial charge is 0.487 e. The van der Waals surface area contributed by atoms with Crippen molar-refractivity contribution in [2.75, 3.05) is 0 Å². The molecule has 0 amide bonds. The molecule has 1 aromatic carbocycles. The lowest BCUT2D eigenvalue weighted by molar-refractivity contribution is 0.305. The van der Waals surface area contributed by atoms with E-state index in [9.17, 15) is 0 Å². The topological polar surface area (TPSA) is 35.0 Å². The minimum atomic E-state index is 0.462. The second-order valence-corrected chi connectivity index (χ2v) is 4.52. The minimum Gasteiger partial charge on any atom is -0.487 e. The molecule has 0 spiro atoms. The molecule has 0 aliphatic heterocycles. The first-order chi connectivity index (χ1) is 9.31. The molecule has 3 rings (SSSR count). The van der Waals surface area contributed by atoms with Crippen molar-refractivity contribution >= 4 is 22.5 Å². The summed E-state index contributed by atoms with van der Waals surface area (Å²) in [7, 11) is 0. The van der Waals surface area contributed by atoms with Gasteiger partial charge in [0.2, 0.25) is 0 Å². The third kappa shape index (κ3) is 2.83. The van der Waals surface area contributed by atoms with Gasteiger partial charge < -0.3 is 4.74 Å². The first-order valence-corrected chi connectivity index (χ1v) is 6.27. The molecule has 0 saturated heterocycles. The van der Waals surface area contributed by atoms with Gasteiger partial charge >= 0.3 is 0 Å². The van der Waals surface area contributed by atoms with E-state index in [1.165, 1.54) is 0 Å². The van der Waals surface area contributed by atoms with Crippen LogP contribution in [0.15, 0.2) is 54.9 Å². The second-order valence-electron chi connectivity index (χ2n) is 4.14. The maximum absolute atomic E-state index is 5.72. The van der Waals surface area contributed by atoms with Crippen molar-refractivity contribution in [3.8, 4) is 5.75 Å². The Morgan fingerprint density at radius 1 is 1.05 bits per heavy atom. The molecule has 2 heterocycles. The Kier molecular flexibility index (Phi) is 3.29. The lowest BCUT2D eigenvalue weighted by Crippen LogP contribution is -1.96. The Morgan fingerprint density at radius 3 is 2.84 bits per heavy atom. The molecule has 19 heavy (non-hydrogen) atoms. The zero-order chi connectivity index (χ0) is 13.1. The van der Waals surface area contributed by atoms with Crippen LogP contribution in [-0.4, -0.2) is 9.97 Å². The van der Waals surface area contributed by atoms with Gasteiger partial charge in [0, 0.05) is 11.6 Å². The number of halogens is 1. The lowest BCUT2D eigenvalue weighted by Gasteiger charge is -2.06. The summed E-state index contributed by atoms with van der Waals surface area (Å²) in [6.45, 7) is 0.494. The van der Waals surface area contributed by atoms with Crippen molar-refractivity contribution < 1.29 is 4.74 Å². The summed E-state index contributed by atoms with van der Waals surface area (Å²) in [5.74, 6) is 0.704. The molecule has 0 unspecified atom stereocenters. The average molecular weight is 271 g/mol. The van der Waals surface area contributed by atoms with Crippen LogP contribution in [0.4, 0.5) is 0 Å². The van der Waals surface area contributed by atoms with Crippen molar-refractivity contribution in [2.24, 2.45) is 0 Å². The van der Waals surface area contributed by atoms with Crippen LogP contribution in [0.3, 0.4) is 0 Å². The highest BCUT2D eigenvalue weighted by Crippen LogP contribution is 2.17. The van der Waals surface area contributed by atoms with Gasteiger partial charge in [-0.1, -0.05) is 23.7 Å². The van der Waals surface area contributed by atoms with E-state index in [-0.39, 0.29) is 0 Å². The third-order valence-corrected chi connectivity index (χ3v) is 3.00. The number of fused-ring (bicyclic) bond motifs is 1. The number of benzene rings is 1. The predicted octanol–water partition coefficient (Wildman–Crippen LogP) is 3.86. The zero-order valence-corrected chi connectivity index (χ0v) is 10.8. The van der Waals surface area contributed by atoms with Crippen molar-refractivity contribution in [1.82, 2.24) is 9.97 Å². The van der Waals surface area contributed by atoms with Crippen LogP contribution in [0.5, 0.6) is 5.75 Å². The summed E-state index contributed by atoms with van der Waals surface area (Å²) in [6.07, 6.45) is 3.41. The molecule has 0 atom stereocenters. The second kappa shape index (κ2) is 5.24. The van der Waals surface area contributed by atoms with Crippen LogP contribution < -0.4 is 4.74 Å². The number of ether oxygens (including phenoxy) is 1. The molecule has 0 aliphatic carbocycles. The van der Waals surface area contributed by atoms with Crippen molar-refractivity contribution in [2.45, 2.75) is 6.61 Å². The Balaban J connectivity index is 1.76. The summed E-state index contributed by atoms with van der Waals surface area (Å²) in [5, 5.41) is 1.57. The third-order valence-electron chi connectivity index (χ3n) is 2.77. The SMILES string of the molecule is Clc1ccc(OCc2ccc3ncccc3c2)cn1. The van der Waals surface area contributed by atoms with E-state index in [1.54, 1.807) is 24.5 Å². The van der Waals surface area contributed by atoms with Crippen LogP contribution in [0.1, 0.15) is 5.56 Å². The smallest absolute Gasteiger partial charge is 0.138 e. The highest BCUT2D eigenvalue weighted by molar-refractivity contribution is 6.29. The van der Waals surface area contributed by atoms with Gasteiger partial charge in [0.25, 0.3) is 0 Å². The molecule has 0 saturated carbocycles. The fraction of sp³-hybridized carbons (Fsp3) is 0.0667. The molecular formula is C15H11ClN2O. The van der Waals surface area contributed by atoms with E-state index in [0.29, 0.717) is 17.5 Å². The minimum absolute atomic E-state index is 0.462. The maximum Gasteiger partial charge on any atom is 0.138 e. The zero-order valence-electron chi connectivity index (χ0n) is 10.1. The lowest BCUT2D eigenvalue weighted by atomic mass is 10.1. The van der Waals surface area contributed by atoms with Gasteiger partial charge in [-0.25, -0.2) is 4.98 Å². The Labute approximate surface area is 115 Å². The van der Waals surface area contributed by atoms with E-state index in [0.717, 1.165) is 16.5 Å². The number of aromatic nitrogens is 2. The van der Waals surface area contributed by atoms with Crippen LogP contribution in [-0.2, 0) is 6.61 Å². The number of rotatable bonds is 3. The number of nitrogens with zero attached hydrogens (tertiary/aromatic N) is 2. The molecular weight excluding hydrogens is 260 g/mol. The summed E-state index contributed by atoms with van der Waals surface area (Å²) >= 11 is 5.72. The fourth-order valence-electron chi connectivity index (χ4n) is 1.83. The van der Waals surface area contributed by atoms with E-state index < -0.39 is 0 Å². The normalized spacial score (nSPS) is 10.6. The summed E-state index contributed by atoms with van der Waals surface area (Å²) in [5.41, 5.74) is 2.08. The van der Waals surface area contributed by atoms with Crippen molar-refractivity contribution in [3.63, 3.8) is 0 Å². The van der Waals surface area contributed by atoms with Gasteiger partial charge in [0.1, 0.15) is 17.5 Å².